The fourth-order valence-electron chi connectivity index (χ4n) is 3.70. The molecule has 1 aromatic carbocycles. The zero-order valence-corrected chi connectivity index (χ0v) is 13.0. The fraction of sp³-hybridized carbons (Fsp3) is 0.389. The van der Waals surface area contributed by atoms with Crippen LogP contribution in [0, 0.1) is 0 Å². The van der Waals surface area contributed by atoms with Gasteiger partial charge in [-0.3, -0.25) is 4.90 Å². The summed E-state index contributed by atoms with van der Waals surface area (Å²) in [6, 6.07) is 13.2. The molecule has 22 heavy (non-hydrogen) atoms. The second kappa shape index (κ2) is 5.61. The summed E-state index contributed by atoms with van der Waals surface area (Å²) in [6.45, 7) is 5.24. The summed E-state index contributed by atoms with van der Waals surface area (Å²) in [5.41, 5.74) is 3.68. The number of para-hydroxylation sites is 2. The number of H-pyrrole nitrogens is 1. The van der Waals surface area contributed by atoms with E-state index in [2.05, 4.69) is 57.8 Å². The Labute approximate surface area is 130 Å². The predicted molar refractivity (Wildman–Crippen MR) is 88.6 cm³/mol. The summed E-state index contributed by atoms with van der Waals surface area (Å²) in [4.78, 5) is 10.8. The number of likely N-dealkylation sites (tertiary alicyclic amines) is 1. The highest BCUT2D eigenvalue weighted by molar-refractivity contribution is 5.75. The van der Waals surface area contributed by atoms with Gasteiger partial charge in [-0.15, -0.1) is 0 Å². The Morgan fingerprint density at radius 2 is 2.14 bits per heavy atom. The fourth-order valence-corrected chi connectivity index (χ4v) is 3.70. The molecule has 1 atom stereocenters. The van der Waals surface area contributed by atoms with Crippen LogP contribution in [0.1, 0.15) is 37.3 Å². The van der Waals surface area contributed by atoms with Gasteiger partial charge in [0.15, 0.2) is 0 Å². The number of benzene rings is 1. The molecule has 3 heterocycles. The molecule has 0 radical (unpaired) electrons. The van der Waals surface area contributed by atoms with Crippen LogP contribution in [0.3, 0.4) is 0 Å². The molecule has 1 aliphatic heterocycles. The van der Waals surface area contributed by atoms with Crippen molar-refractivity contribution in [2.75, 3.05) is 6.54 Å². The SMILES string of the molecule is CCn1c(CN2CCCC2c2ccc[nH]2)nc2ccccc21. The van der Waals surface area contributed by atoms with Crippen molar-refractivity contribution in [3.8, 4) is 0 Å². The number of imidazole rings is 1. The Hall–Kier alpha value is -2.07. The highest BCUT2D eigenvalue weighted by atomic mass is 15.2. The third-order valence-electron chi connectivity index (χ3n) is 4.74. The van der Waals surface area contributed by atoms with Crippen molar-refractivity contribution in [2.45, 2.75) is 38.9 Å². The van der Waals surface area contributed by atoms with Crippen molar-refractivity contribution in [3.05, 3.63) is 54.1 Å². The van der Waals surface area contributed by atoms with Crippen molar-refractivity contribution in [2.24, 2.45) is 0 Å². The molecular weight excluding hydrogens is 272 g/mol. The largest absolute Gasteiger partial charge is 0.364 e. The van der Waals surface area contributed by atoms with E-state index in [-0.39, 0.29) is 0 Å². The van der Waals surface area contributed by atoms with Gasteiger partial charge < -0.3 is 9.55 Å². The molecular formula is C18H22N4. The number of nitrogens with one attached hydrogen (secondary N) is 1. The Morgan fingerprint density at radius 3 is 2.95 bits per heavy atom. The van der Waals surface area contributed by atoms with E-state index in [1.165, 1.54) is 29.9 Å². The first kappa shape index (κ1) is 13.6. The van der Waals surface area contributed by atoms with Gasteiger partial charge in [-0.1, -0.05) is 12.1 Å². The van der Waals surface area contributed by atoms with E-state index >= 15 is 0 Å². The molecule has 0 aliphatic carbocycles. The zero-order chi connectivity index (χ0) is 14.9. The first-order valence-electron chi connectivity index (χ1n) is 8.18. The number of aromatic amines is 1. The molecule has 4 nitrogen and oxygen atoms in total. The lowest BCUT2D eigenvalue weighted by atomic mass is 10.1. The first-order chi connectivity index (χ1) is 10.9. The van der Waals surface area contributed by atoms with Crippen molar-refractivity contribution >= 4 is 11.0 Å². The van der Waals surface area contributed by atoms with Crippen LogP contribution in [0.4, 0.5) is 0 Å². The Bertz CT molecular complexity index is 757. The van der Waals surface area contributed by atoms with Gasteiger partial charge in [-0.05, 0) is 50.6 Å². The van der Waals surface area contributed by atoms with Crippen molar-refractivity contribution in [1.82, 2.24) is 19.4 Å². The predicted octanol–water partition coefficient (Wildman–Crippen LogP) is 3.72. The minimum Gasteiger partial charge on any atom is -0.364 e. The van der Waals surface area contributed by atoms with Crippen LogP contribution in [-0.4, -0.2) is 26.0 Å². The van der Waals surface area contributed by atoms with Crippen LogP contribution >= 0.6 is 0 Å². The summed E-state index contributed by atoms with van der Waals surface area (Å²) < 4.78 is 2.35. The molecule has 0 saturated carbocycles. The lowest BCUT2D eigenvalue weighted by Gasteiger charge is -2.23. The number of nitrogens with zero attached hydrogens (tertiary/aromatic N) is 3. The average molecular weight is 294 g/mol. The highest BCUT2D eigenvalue weighted by Crippen LogP contribution is 2.32. The maximum absolute atomic E-state index is 4.87. The molecule has 1 fully saturated rings. The second-order valence-corrected chi connectivity index (χ2v) is 6.01. The quantitative estimate of drug-likeness (QED) is 0.796. The molecule has 0 amide bonds. The molecule has 3 aromatic rings. The summed E-state index contributed by atoms with van der Waals surface area (Å²) in [5, 5.41) is 0. The third kappa shape index (κ3) is 2.24. The van der Waals surface area contributed by atoms with E-state index in [1.807, 2.05) is 6.20 Å². The van der Waals surface area contributed by atoms with Gasteiger partial charge in [0.1, 0.15) is 5.82 Å². The lowest BCUT2D eigenvalue weighted by molar-refractivity contribution is 0.236. The second-order valence-electron chi connectivity index (χ2n) is 6.01. The lowest BCUT2D eigenvalue weighted by Crippen LogP contribution is -2.25. The number of hydrogen-bond donors (Lipinski definition) is 1. The van der Waals surface area contributed by atoms with Gasteiger partial charge in [0.2, 0.25) is 0 Å². The Kier molecular flexibility index (Phi) is 3.47. The Balaban J connectivity index is 1.65. The van der Waals surface area contributed by atoms with Crippen molar-refractivity contribution in [1.29, 1.82) is 0 Å². The molecule has 114 valence electrons. The number of fused-ring (bicyclic) bond motifs is 1. The van der Waals surface area contributed by atoms with Crippen molar-refractivity contribution < 1.29 is 0 Å². The third-order valence-corrected chi connectivity index (χ3v) is 4.74. The van der Waals surface area contributed by atoms with Crippen LogP contribution in [0.15, 0.2) is 42.6 Å². The maximum atomic E-state index is 4.87. The number of aryl methyl sites for hydroxylation is 1. The number of aromatic nitrogens is 3. The molecule has 0 spiro atoms. The van der Waals surface area contributed by atoms with Gasteiger partial charge in [0.25, 0.3) is 0 Å². The monoisotopic (exact) mass is 294 g/mol. The van der Waals surface area contributed by atoms with Crippen LogP contribution in [0.5, 0.6) is 0 Å². The smallest absolute Gasteiger partial charge is 0.124 e. The summed E-state index contributed by atoms with van der Waals surface area (Å²) in [5.74, 6) is 1.18. The standard InChI is InChI=1S/C18H22N4/c1-2-22-17-9-4-3-7-15(17)20-18(22)13-21-12-6-10-16(21)14-8-5-11-19-14/h3-5,7-9,11,16,19H,2,6,10,12-13H2,1H3. The van der Waals surface area contributed by atoms with E-state index in [0.717, 1.165) is 25.2 Å². The van der Waals surface area contributed by atoms with Gasteiger partial charge in [0.05, 0.1) is 23.6 Å². The Morgan fingerprint density at radius 1 is 1.23 bits per heavy atom. The molecule has 4 heteroatoms. The molecule has 1 saturated heterocycles. The van der Waals surface area contributed by atoms with Crippen LogP contribution in [-0.2, 0) is 13.1 Å². The van der Waals surface area contributed by atoms with Crippen molar-refractivity contribution in [3.63, 3.8) is 0 Å². The van der Waals surface area contributed by atoms with Crippen LogP contribution in [0.2, 0.25) is 0 Å². The molecule has 0 bridgehead atoms. The average Bonchev–Trinajstić information content (AvgIpc) is 3.26. The summed E-state index contributed by atoms with van der Waals surface area (Å²) in [7, 11) is 0. The molecule has 1 N–H and O–H groups in total. The normalized spacial score (nSPS) is 19.2. The van der Waals surface area contributed by atoms with Gasteiger partial charge in [0, 0.05) is 18.4 Å². The minimum absolute atomic E-state index is 0.500. The van der Waals surface area contributed by atoms with E-state index in [9.17, 15) is 0 Å². The minimum atomic E-state index is 0.500. The first-order valence-corrected chi connectivity index (χ1v) is 8.18. The van der Waals surface area contributed by atoms with Gasteiger partial charge in [-0.2, -0.15) is 0 Å². The van der Waals surface area contributed by atoms with E-state index in [1.54, 1.807) is 0 Å². The van der Waals surface area contributed by atoms with E-state index in [0.29, 0.717) is 6.04 Å². The highest BCUT2D eigenvalue weighted by Gasteiger charge is 2.27. The molecule has 4 rings (SSSR count). The van der Waals surface area contributed by atoms with E-state index in [4.69, 9.17) is 4.98 Å². The number of rotatable bonds is 4. The molecule has 1 unspecified atom stereocenters. The van der Waals surface area contributed by atoms with Gasteiger partial charge in [-0.25, -0.2) is 4.98 Å². The molecule has 1 aliphatic rings. The summed E-state index contributed by atoms with van der Waals surface area (Å²) >= 11 is 0. The van der Waals surface area contributed by atoms with E-state index < -0.39 is 0 Å². The van der Waals surface area contributed by atoms with Gasteiger partial charge >= 0.3 is 0 Å². The maximum Gasteiger partial charge on any atom is 0.124 e. The van der Waals surface area contributed by atoms with Crippen LogP contribution < -0.4 is 0 Å². The summed E-state index contributed by atoms with van der Waals surface area (Å²) in [6.07, 6.45) is 4.51. The van der Waals surface area contributed by atoms with Crippen LogP contribution in [0.25, 0.3) is 11.0 Å². The molecule has 2 aromatic heterocycles. The number of hydrogen-bond acceptors (Lipinski definition) is 2. The zero-order valence-electron chi connectivity index (χ0n) is 13.0. The topological polar surface area (TPSA) is 36.9 Å².